The molecule has 3 heterocycles. The molecular formula is C50H45ClO16. The fraction of sp³-hybridized carbons (Fsp3) is 0.300. The molecule has 0 amide bonds. The number of esters is 5. The Labute approximate surface area is 389 Å². The van der Waals surface area contributed by atoms with Gasteiger partial charge < -0.3 is 52.1 Å². The van der Waals surface area contributed by atoms with Crippen molar-refractivity contribution in [3.8, 4) is 0 Å². The molecule has 0 radical (unpaired) electrons. The molecule has 11 atom stereocenters. The quantitative estimate of drug-likeness (QED) is 0.0649. The summed E-state index contributed by atoms with van der Waals surface area (Å²) < 4.78 is 68.3. The zero-order valence-electron chi connectivity index (χ0n) is 35.8. The van der Waals surface area contributed by atoms with E-state index in [1.165, 1.54) is 43.5 Å². The summed E-state index contributed by atoms with van der Waals surface area (Å²) in [6, 6.07) is 41.2. The average Bonchev–Trinajstić information content (AvgIpc) is 3.38. The van der Waals surface area contributed by atoms with Crippen LogP contribution in [0.4, 0.5) is 0 Å². The maximum atomic E-state index is 14.1. The zero-order valence-corrected chi connectivity index (χ0v) is 36.6. The molecule has 0 aliphatic carbocycles. The van der Waals surface area contributed by atoms with Crippen LogP contribution in [0, 0.1) is 0 Å². The summed E-state index contributed by atoms with van der Waals surface area (Å²) in [7, 11) is 1.28. The third-order valence-corrected chi connectivity index (χ3v) is 11.2. The molecule has 67 heavy (non-hydrogen) atoms. The number of rotatable bonds is 15. The molecule has 3 saturated heterocycles. The first-order valence-electron chi connectivity index (χ1n) is 21.3. The van der Waals surface area contributed by atoms with Gasteiger partial charge in [-0.2, -0.15) is 0 Å². The van der Waals surface area contributed by atoms with Crippen LogP contribution >= 0.6 is 11.6 Å². The van der Waals surface area contributed by atoms with E-state index in [4.69, 9.17) is 63.7 Å². The van der Waals surface area contributed by atoms with Gasteiger partial charge in [-0.25, -0.2) is 19.2 Å². The largest absolute Gasteiger partial charge is 0.459 e. The molecule has 0 saturated carbocycles. The number of benzene rings is 5. The van der Waals surface area contributed by atoms with Crippen LogP contribution < -0.4 is 0 Å². The van der Waals surface area contributed by atoms with Crippen LogP contribution in [0.5, 0.6) is 0 Å². The summed E-state index contributed by atoms with van der Waals surface area (Å²) in [6.07, 6.45) is -15.7. The highest BCUT2D eigenvalue weighted by Crippen LogP contribution is 2.40. The molecule has 16 nitrogen and oxygen atoms in total. The number of hydrogen-bond donors (Lipinski definition) is 0. The summed E-state index contributed by atoms with van der Waals surface area (Å²) in [5.74, 6) is -4.80. The van der Waals surface area contributed by atoms with Crippen molar-refractivity contribution in [1.82, 2.24) is 0 Å². The van der Waals surface area contributed by atoms with Crippen LogP contribution in [0.1, 0.15) is 53.3 Å². The van der Waals surface area contributed by atoms with Gasteiger partial charge in [0.05, 0.1) is 28.9 Å². The third kappa shape index (κ3) is 11.4. The SMILES string of the molecule is CO[C@@H]1O[C@H](COC(=O)c2ccccc2)[C@@H](O[C@@H]2O[C@@H]3COC(c4ccccc4)O[C@@H]3[C@H](OC(=O)CCl)[C@H]2OC(=O)c2ccccc2)[C@H](OC(=O)c2ccccc2)[C@H]1OC(=O)c1ccccc1. The summed E-state index contributed by atoms with van der Waals surface area (Å²) in [4.78, 5) is 68.7. The Morgan fingerprint density at radius 1 is 0.522 bits per heavy atom. The molecule has 0 spiro atoms. The minimum atomic E-state index is -1.73. The van der Waals surface area contributed by atoms with Crippen LogP contribution in [-0.2, 0) is 56.9 Å². The van der Waals surface area contributed by atoms with Crippen molar-refractivity contribution >= 4 is 41.4 Å². The van der Waals surface area contributed by atoms with E-state index in [2.05, 4.69) is 0 Å². The van der Waals surface area contributed by atoms with Gasteiger partial charge in [-0.05, 0) is 48.5 Å². The van der Waals surface area contributed by atoms with Gasteiger partial charge in [0.15, 0.2) is 43.3 Å². The summed E-state index contributed by atoms with van der Waals surface area (Å²) in [5, 5.41) is 0. The Kier molecular flexibility index (Phi) is 15.7. The minimum absolute atomic E-state index is 0.117. The molecule has 0 N–H and O–H groups in total. The number of methoxy groups -OCH3 is 1. The lowest BCUT2D eigenvalue weighted by molar-refractivity contribution is -0.383. The molecule has 3 aliphatic rings. The predicted octanol–water partition coefficient (Wildman–Crippen LogP) is 6.27. The van der Waals surface area contributed by atoms with Crippen LogP contribution in [0.25, 0.3) is 0 Å². The smallest absolute Gasteiger partial charge is 0.338 e. The first kappa shape index (κ1) is 47.0. The Morgan fingerprint density at radius 2 is 0.985 bits per heavy atom. The van der Waals surface area contributed by atoms with E-state index >= 15 is 0 Å². The van der Waals surface area contributed by atoms with E-state index < -0.39 is 110 Å². The second-order valence-electron chi connectivity index (χ2n) is 15.4. The van der Waals surface area contributed by atoms with Gasteiger partial charge in [0.1, 0.15) is 36.9 Å². The average molecular weight is 937 g/mol. The monoisotopic (exact) mass is 936 g/mol. The molecule has 3 aliphatic heterocycles. The predicted molar refractivity (Wildman–Crippen MR) is 233 cm³/mol. The Hall–Kier alpha value is -6.50. The van der Waals surface area contributed by atoms with Crippen molar-refractivity contribution in [3.05, 3.63) is 179 Å². The summed E-state index contributed by atoms with van der Waals surface area (Å²) >= 11 is 6.01. The second kappa shape index (κ2) is 22.3. The number of halogens is 1. The highest BCUT2D eigenvalue weighted by Gasteiger charge is 2.58. The fourth-order valence-corrected chi connectivity index (χ4v) is 7.84. The molecule has 348 valence electrons. The number of carbonyl (C=O) groups excluding carboxylic acids is 5. The Bertz CT molecular complexity index is 2430. The minimum Gasteiger partial charge on any atom is -0.459 e. The zero-order chi connectivity index (χ0) is 46.7. The van der Waals surface area contributed by atoms with Gasteiger partial charge in [-0.1, -0.05) is 103 Å². The molecule has 1 unspecified atom stereocenters. The summed E-state index contributed by atoms with van der Waals surface area (Å²) in [5.41, 5.74) is 1.24. The topological polar surface area (TPSA) is 187 Å². The Morgan fingerprint density at radius 3 is 1.48 bits per heavy atom. The van der Waals surface area contributed by atoms with Crippen LogP contribution in [-0.4, -0.2) is 117 Å². The number of carbonyl (C=O) groups is 5. The molecule has 8 rings (SSSR count). The summed E-state index contributed by atoms with van der Waals surface area (Å²) in [6.45, 7) is -0.701. The van der Waals surface area contributed by atoms with Gasteiger partial charge in [-0.15, -0.1) is 11.6 Å². The maximum Gasteiger partial charge on any atom is 0.338 e. The van der Waals surface area contributed by atoms with Gasteiger partial charge in [0.25, 0.3) is 0 Å². The first-order chi connectivity index (χ1) is 32.7. The molecule has 3 fully saturated rings. The van der Waals surface area contributed by atoms with Crippen molar-refractivity contribution < 1.29 is 76.1 Å². The fourth-order valence-electron chi connectivity index (χ4n) is 7.77. The van der Waals surface area contributed by atoms with Gasteiger partial charge in [0.2, 0.25) is 0 Å². The van der Waals surface area contributed by atoms with Crippen molar-refractivity contribution in [1.29, 1.82) is 0 Å². The lowest BCUT2D eigenvalue weighted by Gasteiger charge is -2.50. The number of alkyl halides is 1. The molecule has 17 heteroatoms. The van der Waals surface area contributed by atoms with E-state index in [0.717, 1.165) is 0 Å². The van der Waals surface area contributed by atoms with E-state index in [0.29, 0.717) is 5.56 Å². The number of hydrogen-bond acceptors (Lipinski definition) is 16. The highest BCUT2D eigenvalue weighted by atomic mass is 35.5. The first-order valence-corrected chi connectivity index (χ1v) is 21.8. The van der Waals surface area contributed by atoms with Crippen molar-refractivity contribution in [2.45, 2.75) is 67.7 Å². The Balaban J connectivity index is 1.21. The number of fused-ring (bicyclic) bond motifs is 1. The second-order valence-corrected chi connectivity index (χ2v) is 15.6. The van der Waals surface area contributed by atoms with Crippen molar-refractivity contribution in [3.63, 3.8) is 0 Å². The van der Waals surface area contributed by atoms with Crippen LogP contribution in [0.15, 0.2) is 152 Å². The van der Waals surface area contributed by atoms with E-state index in [1.807, 2.05) is 6.07 Å². The third-order valence-electron chi connectivity index (χ3n) is 11.0. The van der Waals surface area contributed by atoms with Crippen LogP contribution in [0.2, 0.25) is 0 Å². The van der Waals surface area contributed by atoms with E-state index in [1.54, 1.807) is 109 Å². The van der Waals surface area contributed by atoms with Crippen molar-refractivity contribution in [2.24, 2.45) is 0 Å². The van der Waals surface area contributed by atoms with Crippen molar-refractivity contribution in [2.75, 3.05) is 26.2 Å². The molecule has 0 aromatic heterocycles. The van der Waals surface area contributed by atoms with E-state index in [9.17, 15) is 24.0 Å². The normalized spacial score (nSPS) is 26.7. The lowest BCUT2D eigenvalue weighted by atomic mass is 9.95. The molecule has 5 aromatic carbocycles. The lowest BCUT2D eigenvalue weighted by Crippen LogP contribution is -2.68. The standard InChI is InChI=1S/C50H45ClO16/c1-57-49-42(64-46(55)32-21-11-4-12-22-32)41(63-45(54)31-19-9-3-10-20-31)39(35(60-49)28-58-44(53)30-17-7-2-8-18-30)67-50-43(65-47(56)33-23-13-5-14-24-33)40(62-37(52)27-51)38-36(61-50)29-59-48(66-38)34-25-15-6-16-26-34/h2-26,35-36,38-43,48-50H,27-29H2,1H3/t35-,36-,38+,39-,40+,41+,42-,43-,48?,49-,50+/m1/s1. The maximum absolute atomic E-state index is 14.1. The van der Waals surface area contributed by atoms with Crippen LogP contribution in [0.3, 0.4) is 0 Å². The van der Waals surface area contributed by atoms with Gasteiger partial charge >= 0.3 is 29.8 Å². The van der Waals surface area contributed by atoms with Gasteiger partial charge in [-0.3, -0.25) is 4.79 Å². The van der Waals surface area contributed by atoms with E-state index in [-0.39, 0.29) is 28.9 Å². The number of ether oxygens (including phenoxy) is 11. The molecule has 5 aromatic rings. The highest BCUT2D eigenvalue weighted by molar-refractivity contribution is 6.26. The van der Waals surface area contributed by atoms with Gasteiger partial charge in [0, 0.05) is 12.7 Å². The molecular weight excluding hydrogens is 892 g/mol. The molecule has 0 bridgehead atoms.